The van der Waals surface area contributed by atoms with E-state index in [1.54, 1.807) is 6.07 Å². The Hall–Kier alpha value is -0.758. The van der Waals surface area contributed by atoms with Crippen molar-refractivity contribution in [2.75, 3.05) is 19.6 Å². The summed E-state index contributed by atoms with van der Waals surface area (Å²) in [5, 5.41) is 8.98. The van der Waals surface area contributed by atoms with Crippen LogP contribution in [-0.4, -0.2) is 38.0 Å². The molecule has 0 unspecified atom stereocenters. The number of hydrogen-bond acceptors (Lipinski definition) is 5. The van der Waals surface area contributed by atoms with Crippen LogP contribution in [0.1, 0.15) is 27.0 Å². The molecule has 3 amide bonds. The van der Waals surface area contributed by atoms with Gasteiger partial charge in [0, 0.05) is 19.6 Å². The zero-order valence-corrected chi connectivity index (χ0v) is 26.5. The average molecular weight is 615 g/mol. The second-order valence-corrected chi connectivity index (χ2v) is 7.34. The summed E-state index contributed by atoms with van der Waals surface area (Å²) >= 11 is 12.5. The zero-order chi connectivity index (χ0) is 22.6. The topological polar surface area (TPSA) is 123 Å². The van der Waals surface area contributed by atoms with Crippen LogP contribution in [0.15, 0.2) is 36.4 Å². The summed E-state index contributed by atoms with van der Waals surface area (Å²) in [6.07, 6.45) is 0.759. The Morgan fingerprint density at radius 2 is 1.82 bits per heavy atom. The molecular weight excluding hydrogens is 588 g/mol. The number of halogens is 2. The number of primary amides is 1. The van der Waals surface area contributed by atoms with E-state index >= 15 is 0 Å². The monoisotopic (exact) mass is 614 g/mol. The second-order valence-electron chi connectivity index (χ2n) is 6.55. The number of fused-ring (bicyclic) bond motifs is 1. The standard InChI is InChI=1S/C13H16Cl2N4O2.C8H8O2.CH3.Cs/c14-9-5-7-6-17-2-1-8(7)11(15)10(9)12(20)18-3-4-19-13(16)21;9-7-10-6-8-4-2-1-3-5-8;;/h5,17H,1-4,6H2,(H,18,20)(H3,16,19,21);1-5,7H,6H2;1H3;/q;;-1;+1. The van der Waals surface area contributed by atoms with E-state index in [1.807, 2.05) is 30.3 Å². The number of hydrogen-bond donors (Lipinski definition) is 4. The average Bonchev–Trinajstić information content (AvgIpc) is 2.76. The predicted octanol–water partition coefficient (Wildman–Crippen LogP) is -0.149. The molecule has 1 aliphatic rings. The van der Waals surface area contributed by atoms with E-state index in [4.69, 9.17) is 28.9 Å². The molecule has 0 radical (unpaired) electrons. The quantitative estimate of drug-likeness (QED) is 0.196. The molecule has 174 valence electrons. The Kier molecular flexibility index (Phi) is 17.2. The third-order valence-corrected chi connectivity index (χ3v) is 5.09. The third-order valence-electron chi connectivity index (χ3n) is 4.38. The van der Waals surface area contributed by atoms with Crippen LogP contribution in [0.4, 0.5) is 4.79 Å². The van der Waals surface area contributed by atoms with E-state index in [9.17, 15) is 14.4 Å². The molecule has 33 heavy (non-hydrogen) atoms. The SMILES string of the molecule is NC(=O)NCCNC(=O)c1c(Cl)cc2c(c1Cl)CCNC2.O=COCc1ccccc1.[CH3-].[Cs+]. The number of carbonyl (C=O) groups is 3. The van der Waals surface area contributed by atoms with Crippen LogP contribution in [0.5, 0.6) is 0 Å². The van der Waals surface area contributed by atoms with Crippen molar-refractivity contribution in [3.63, 3.8) is 0 Å². The van der Waals surface area contributed by atoms with E-state index < -0.39 is 6.03 Å². The molecule has 0 aliphatic carbocycles. The number of amides is 3. The minimum absolute atomic E-state index is 0. The molecule has 5 N–H and O–H groups in total. The molecule has 8 nitrogen and oxygen atoms in total. The summed E-state index contributed by atoms with van der Waals surface area (Å²) in [4.78, 5) is 32.5. The largest absolute Gasteiger partial charge is 1.00 e. The Bertz CT molecular complexity index is 917. The molecule has 0 spiro atoms. The molecule has 0 fully saturated rings. The summed E-state index contributed by atoms with van der Waals surface area (Å²) in [7, 11) is 0. The van der Waals surface area contributed by atoms with E-state index in [1.165, 1.54) is 0 Å². The number of carbonyl (C=O) groups excluding carboxylic acids is 3. The van der Waals surface area contributed by atoms with Gasteiger partial charge in [0.1, 0.15) is 6.61 Å². The van der Waals surface area contributed by atoms with Crippen molar-refractivity contribution >= 4 is 41.6 Å². The number of benzene rings is 2. The van der Waals surface area contributed by atoms with Gasteiger partial charge in [0.05, 0.1) is 15.6 Å². The fourth-order valence-electron chi connectivity index (χ4n) is 2.94. The fourth-order valence-corrected chi connectivity index (χ4v) is 3.70. The maximum atomic E-state index is 12.2. The number of urea groups is 1. The van der Waals surface area contributed by atoms with Crippen molar-refractivity contribution < 1.29 is 88.0 Å². The summed E-state index contributed by atoms with van der Waals surface area (Å²) in [5.41, 5.74) is 8.19. The molecule has 0 saturated heterocycles. The summed E-state index contributed by atoms with van der Waals surface area (Å²) in [5.74, 6) is -0.363. The van der Waals surface area contributed by atoms with Crippen molar-refractivity contribution in [3.8, 4) is 0 Å². The van der Waals surface area contributed by atoms with E-state index in [0.717, 1.165) is 29.7 Å². The van der Waals surface area contributed by atoms with Crippen molar-refractivity contribution in [1.82, 2.24) is 16.0 Å². The van der Waals surface area contributed by atoms with Crippen LogP contribution >= 0.6 is 23.2 Å². The molecular formula is C22H27Cl2CsN4O4. The molecule has 0 aromatic heterocycles. The number of ether oxygens (including phenoxy) is 1. The van der Waals surface area contributed by atoms with Crippen molar-refractivity contribution in [2.24, 2.45) is 5.73 Å². The van der Waals surface area contributed by atoms with Gasteiger partial charge < -0.3 is 33.8 Å². The van der Waals surface area contributed by atoms with Gasteiger partial charge in [-0.1, -0.05) is 53.5 Å². The van der Waals surface area contributed by atoms with E-state index in [2.05, 4.69) is 20.7 Å². The number of rotatable bonds is 7. The van der Waals surface area contributed by atoms with E-state index in [-0.39, 0.29) is 101 Å². The van der Waals surface area contributed by atoms with Gasteiger partial charge in [0.2, 0.25) is 0 Å². The zero-order valence-electron chi connectivity index (χ0n) is 18.8. The van der Waals surface area contributed by atoms with Gasteiger partial charge in [0.15, 0.2) is 0 Å². The molecule has 1 heterocycles. The van der Waals surface area contributed by atoms with Crippen molar-refractivity contribution in [3.05, 3.63) is 76.1 Å². The van der Waals surface area contributed by atoms with Crippen molar-refractivity contribution in [1.29, 1.82) is 0 Å². The van der Waals surface area contributed by atoms with Gasteiger partial charge >= 0.3 is 74.9 Å². The molecule has 3 rings (SSSR count). The maximum Gasteiger partial charge on any atom is 1.00 e. The Labute approximate surface area is 263 Å². The summed E-state index contributed by atoms with van der Waals surface area (Å²) in [6.45, 7) is 2.81. The van der Waals surface area contributed by atoms with Gasteiger partial charge in [0.25, 0.3) is 12.4 Å². The first-order chi connectivity index (χ1) is 14.9. The molecule has 11 heteroatoms. The first kappa shape index (κ1) is 32.2. The van der Waals surface area contributed by atoms with Crippen LogP contribution in [0.2, 0.25) is 10.0 Å². The van der Waals surface area contributed by atoms with Gasteiger partial charge in [-0.05, 0) is 35.7 Å². The molecule has 0 atom stereocenters. The third kappa shape index (κ3) is 11.0. The molecule has 0 bridgehead atoms. The van der Waals surface area contributed by atoms with Crippen LogP contribution in [0, 0.1) is 7.43 Å². The Morgan fingerprint density at radius 1 is 1.15 bits per heavy atom. The number of nitrogens with one attached hydrogen (secondary N) is 3. The molecule has 2 aromatic carbocycles. The normalized spacial score (nSPS) is 11.2. The van der Waals surface area contributed by atoms with Gasteiger partial charge in [-0.15, -0.1) is 0 Å². The summed E-state index contributed by atoms with van der Waals surface area (Å²) < 4.78 is 4.54. The van der Waals surface area contributed by atoms with Gasteiger partial charge in [-0.25, -0.2) is 4.79 Å². The maximum absolute atomic E-state index is 12.2. The Balaban J connectivity index is 0.000000726. The second kappa shape index (κ2) is 17.6. The van der Waals surface area contributed by atoms with Crippen molar-refractivity contribution in [2.45, 2.75) is 19.6 Å². The minimum Gasteiger partial charge on any atom is -0.463 e. The minimum atomic E-state index is -0.637. The molecule has 1 aliphatic heterocycles. The van der Waals surface area contributed by atoms with E-state index in [0.29, 0.717) is 29.7 Å². The number of nitrogens with two attached hydrogens (primary N) is 1. The van der Waals surface area contributed by atoms with Crippen LogP contribution in [0.25, 0.3) is 0 Å². The fraction of sp³-hybridized carbons (Fsp3) is 0.273. The first-order valence-electron chi connectivity index (χ1n) is 9.55. The van der Waals surface area contributed by atoms with Crippen LogP contribution in [-0.2, 0) is 29.1 Å². The first-order valence-corrected chi connectivity index (χ1v) is 10.3. The smallest absolute Gasteiger partial charge is 0.463 e. The molecule has 2 aromatic rings. The molecule has 0 saturated carbocycles. The summed E-state index contributed by atoms with van der Waals surface area (Å²) in [6, 6.07) is 10.7. The predicted molar refractivity (Wildman–Crippen MR) is 126 cm³/mol. The van der Waals surface area contributed by atoms with Crippen LogP contribution < -0.4 is 90.6 Å². The van der Waals surface area contributed by atoms with Gasteiger partial charge in [-0.3, -0.25) is 9.59 Å². The van der Waals surface area contributed by atoms with Crippen LogP contribution in [0.3, 0.4) is 0 Å². The van der Waals surface area contributed by atoms with Gasteiger partial charge in [-0.2, -0.15) is 0 Å². The Morgan fingerprint density at radius 3 is 2.45 bits per heavy atom.